The molecule has 0 radical (unpaired) electrons. The molecule has 84 valence electrons. The highest BCUT2D eigenvalue weighted by molar-refractivity contribution is 5.61. The van der Waals surface area contributed by atoms with Crippen molar-refractivity contribution in [3.05, 3.63) is 17.8 Å². The number of anilines is 2. The summed E-state index contributed by atoms with van der Waals surface area (Å²) in [4.78, 5) is 4.30. The minimum Gasteiger partial charge on any atom is -0.396 e. The smallest absolute Gasteiger partial charge is 0.149 e. The summed E-state index contributed by atoms with van der Waals surface area (Å²) in [6, 6.07) is 3.67. The first-order chi connectivity index (χ1) is 7.04. The second kappa shape index (κ2) is 4.98. The molecule has 0 aromatic carbocycles. The fourth-order valence-electron chi connectivity index (χ4n) is 1.28. The maximum Gasteiger partial charge on any atom is 0.149 e. The van der Waals surface area contributed by atoms with E-state index in [2.05, 4.69) is 10.3 Å². The molecule has 1 heterocycles. The van der Waals surface area contributed by atoms with Crippen LogP contribution in [0, 0.1) is 12.8 Å². The van der Waals surface area contributed by atoms with Crippen molar-refractivity contribution in [1.82, 2.24) is 4.98 Å². The predicted octanol–water partition coefficient (Wildman–Crippen LogP) is 1.40. The number of aliphatic hydroxyl groups is 1. The van der Waals surface area contributed by atoms with Gasteiger partial charge in [-0.1, -0.05) is 13.8 Å². The molecule has 0 aliphatic carbocycles. The van der Waals surface area contributed by atoms with Gasteiger partial charge in [-0.2, -0.15) is 0 Å². The Balaban J connectivity index is 2.82. The maximum atomic E-state index is 9.19. The zero-order valence-corrected chi connectivity index (χ0v) is 9.49. The topological polar surface area (TPSA) is 71.2 Å². The fraction of sp³-hybridized carbons (Fsp3) is 0.545. The van der Waals surface area contributed by atoms with Gasteiger partial charge >= 0.3 is 0 Å². The van der Waals surface area contributed by atoms with Crippen LogP contribution in [-0.2, 0) is 0 Å². The van der Waals surface area contributed by atoms with Crippen LogP contribution in [0.1, 0.15) is 19.5 Å². The number of nitrogens with two attached hydrogens (primary N) is 1. The minimum absolute atomic E-state index is 0.0124. The highest BCUT2D eigenvalue weighted by atomic mass is 16.3. The van der Waals surface area contributed by atoms with Gasteiger partial charge in [-0.05, 0) is 25.0 Å². The molecule has 0 saturated heterocycles. The minimum atomic E-state index is -0.0124. The normalized spacial score (nSPS) is 12.9. The molecule has 0 spiro atoms. The van der Waals surface area contributed by atoms with Gasteiger partial charge < -0.3 is 16.2 Å². The number of aryl methyl sites for hydroxylation is 1. The molecule has 0 aliphatic rings. The van der Waals surface area contributed by atoms with Gasteiger partial charge in [0, 0.05) is 5.69 Å². The number of hydrogen-bond acceptors (Lipinski definition) is 4. The van der Waals surface area contributed by atoms with Crippen molar-refractivity contribution >= 4 is 11.5 Å². The first kappa shape index (κ1) is 11.8. The molecule has 0 saturated carbocycles. The zero-order chi connectivity index (χ0) is 11.4. The largest absolute Gasteiger partial charge is 0.396 e. The second-order valence-electron chi connectivity index (χ2n) is 4.07. The third-order valence-electron chi connectivity index (χ3n) is 2.39. The Morgan fingerprint density at radius 1 is 1.47 bits per heavy atom. The molecule has 4 heteroatoms. The van der Waals surface area contributed by atoms with E-state index in [1.807, 2.05) is 32.9 Å². The lowest BCUT2D eigenvalue weighted by Crippen LogP contribution is -2.30. The quantitative estimate of drug-likeness (QED) is 0.701. The third kappa shape index (κ3) is 3.09. The lowest BCUT2D eigenvalue weighted by molar-refractivity contribution is 0.249. The van der Waals surface area contributed by atoms with Crippen molar-refractivity contribution < 1.29 is 5.11 Å². The molecule has 0 bridgehead atoms. The molecular weight excluding hydrogens is 190 g/mol. The maximum absolute atomic E-state index is 9.19. The predicted molar refractivity (Wildman–Crippen MR) is 62.7 cm³/mol. The van der Waals surface area contributed by atoms with E-state index in [1.165, 1.54) is 0 Å². The van der Waals surface area contributed by atoms with Crippen LogP contribution < -0.4 is 11.1 Å². The van der Waals surface area contributed by atoms with Gasteiger partial charge in [-0.15, -0.1) is 0 Å². The molecular formula is C11H19N3O. The Hall–Kier alpha value is -1.29. The average molecular weight is 209 g/mol. The van der Waals surface area contributed by atoms with Crippen molar-refractivity contribution in [3.8, 4) is 0 Å². The van der Waals surface area contributed by atoms with Crippen LogP contribution in [0.25, 0.3) is 0 Å². The lowest BCUT2D eigenvalue weighted by Gasteiger charge is -2.21. The van der Waals surface area contributed by atoms with Crippen LogP contribution in [-0.4, -0.2) is 22.7 Å². The molecule has 1 aromatic rings. The summed E-state index contributed by atoms with van der Waals surface area (Å²) >= 11 is 0. The summed E-state index contributed by atoms with van der Waals surface area (Å²) < 4.78 is 0. The number of aromatic nitrogens is 1. The first-order valence-corrected chi connectivity index (χ1v) is 5.15. The molecule has 0 amide bonds. The number of rotatable bonds is 4. The summed E-state index contributed by atoms with van der Waals surface area (Å²) in [7, 11) is 0. The molecule has 1 atom stereocenters. The molecule has 4 N–H and O–H groups in total. The summed E-state index contributed by atoms with van der Waals surface area (Å²) in [5, 5.41) is 12.3. The van der Waals surface area contributed by atoms with E-state index >= 15 is 0 Å². The first-order valence-electron chi connectivity index (χ1n) is 5.15. The highest BCUT2D eigenvalue weighted by Crippen LogP contribution is 2.18. The van der Waals surface area contributed by atoms with E-state index in [9.17, 15) is 5.11 Å². The van der Waals surface area contributed by atoms with Gasteiger partial charge in [0.05, 0.1) is 18.3 Å². The standard InChI is InChI=1S/C11H19N3O/c1-7(2)10(6-15)14-11-9(12)5-4-8(3)13-11/h4-5,7,10,15H,6,12H2,1-3H3,(H,13,14). The molecule has 1 rings (SSSR count). The highest BCUT2D eigenvalue weighted by Gasteiger charge is 2.13. The van der Waals surface area contributed by atoms with Crippen molar-refractivity contribution in [3.63, 3.8) is 0 Å². The van der Waals surface area contributed by atoms with Crippen molar-refractivity contribution in [2.24, 2.45) is 5.92 Å². The van der Waals surface area contributed by atoms with Crippen molar-refractivity contribution in [2.75, 3.05) is 17.7 Å². The average Bonchev–Trinajstić information content (AvgIpc) is 2.18. The van der Waals surface area contributed by atoms with Crippen LogP contribution >= 0.6 is 0 Å². The van der Waals surface area contributed by atoms with E-state index in [-0.39, 0.29) is 12.6 Å². The van der Waals surface area contributed by atoms with E-state index in [1.54, 1.807) is 0 Å². The molecule has 1 aromatic heterocycles. The van der Waals surface area contributed by atoms with Gasteiger partial charge in [0.15, 0.2) is 0 Å². The van der Waals surface area contributed by atoms with E-state index in [0.717, 1.165) is 5.69 Å². The number of nitrogens with one attached hydrogen (secondary N) is 1. The Labute approximate surface area is 90.5 Å². The van der Waals surface area contributed by atoms with E-state index in [0.29, 0.717) is 17.4 Å². The van der Waals surface area contributed by atoms with Crippen molar-refractivity contribution in [2.45, 2.75) is 26.8 Å². The zero-order valence-electron chi connectivity index (χ0n) is 9.49. The number of nitrogen functional groups attached to an aromatic ring is 1. The monoisotopic (exact) mass is 209 g/mol. The van der Waals surface area contributed by atoms with Crippen LogP contribution in [0.2, 0.25) is 0 Å². The Kier molecular flexibility index (Phi) is 3.91. The van der Waals surface area contributed by atoms with Gasteiger partial charge in [0.25, 0.3) is 0 Å². The summed E-state index contributed by atoms with van der Waals surface area (Å²) in [5.74, 6) is 0.986. The molecule has 0 aliphatic heterocycles. The van der Waals surface area contributed by atoms with Crippen molar-refractivity contribution in [1.29, 1.82) is 0 Å². The van der Waals surface area contributed by atoms with E-state index < -0.39 is 0 Å². The Morgan fingerprint density at radius 2 is 2.13 bits per heavy atom. The lowest BCUT2D eigenvalue weighted by atomic mass is 10.1. The molecule has 1 unspecified atom stereocenters. The van der Waals surface area contributed by atoms with Crippen LogP contribution in [0.4, 0.5) is 11.5 Å². The summed E-state index contributed by atoms with van der Waals surface area (Å²) in [6.45, 7) is 6.07. The van der Waals surface area contributed by atoms with Gasteiger partial charge in [-0.25, -0.2) is 4.98 Å². The van der Waals surface area contributed by atoms with E-state index in [4.69, 9.17) is 5.73 Å². The molecule has 15 heavy (non-hydrogen) atoms. The Bertz CT molecular complexity index is 326. The van der Waals surface area contributed by atoms with Gasteiger partial charge in [-0.3, -0.25) is 0 Å². The number of aliphatic hydroxyl groups excluding tert-OH is 1. The second-order valence-corrected chi connectivity index (χ2v) is 4.07. The number of nitrogens with zero attached hydrogens (tertiary/aromatic N) is 1. The van der Waals surface area contributed by atoms with Gasteiger partial charge in [0.2, 0.25) is 0 Å². The third-order valence-corrected chi connectivity index (χ3v) is 2.39. The molecule has 4 nitrogen and oxygen atoms in total. The van der Waals surface area contributed by atoms with Gasteiger partial charge in [0.1, 0.15) is 5.82 Å². The Morgan fingerprint density at radius 3 is 2.67 bits per heavy atom. The fourth-order valence-corrected chi connectivity index (χ4v) is 1.28. The van der Waals surface area contributed by atoms with Crippen LogP contribution in [0.5, 0.6) is 0 Å². The van der Waals surface area contributed by atoms with Crippen LogP contribution in [0.15, 0.2) is 12.1 Å². The molecule has 0 fully saturated rings. The SMILES string of the molecule is Cc1ccc(N)c(NC(CO)C(C)C)n1. The van der Waals surface area contributed by atoms with Crippen LogP contribution in [0.3, 0.4) is 0 Å². The number of hydrogen-bond donors (Lipinski definition) is 3. The summed E-state index contributed by atoms with van der Waals surface area (Å²) in [5.41, 5.74) is 7.31. The number of pyridine rings is 1. The summed E-state index contributed by atoms with van der Waals surface area (Å²) in [6.07, 6.45) is 0.